The van der Waals surface area contributed by atoms with E-state index in [0.717, 1.165) is 38.1 Å². The van der Waals surface area contributed by atoms with E-state index in [1.165, 1.54) is 6.42 Å². The van der Waals surface area contributed by atoms with Crippen LogP contribution in [0.2, 0.25) is 0 Å². The SMILES string of the molecule is CC(N)C1CCN(C(=O)C2CCCS2)CC1. The first-order valence-electron chi connectivity index (χ1n) is 6.34. The first-order chi connectivity index (χ1) is 7.68. The zero-order chi connectivity index (χ0) is 11.5. The maximum absolute atomic E-state index is 12.2. The van der Waals surface area contributed by atoms with Gasteiger partial charge in [0.2, 0.25) is 5.91 Å². The van der Waals surface area contributed by atoms with E-state index in [1.54, 1.807) is 0 Å². The molecule has 4 heteroatoms. The Morgan fingerprint density at radius 2 is 2.06 bits per heavy atom. The molecule has 0 aromatic rings. The van der Waals surface area contributed by atoms with Crippen LogP contribution in [0.3, 0.4) is 0 Å². The van der Waals surface area contributed by atoms with Crippen molar-refractivity contribution in [2.45, 2.75) is 43.9 Å². The van der Waals surface area contributed by atoms with Gasteiger partial charge < -0.3 is 10.6 Å². The summed E-state index contributed by atoms with van der Waals surface area (Å²) in [6.07, 6.45) is 4.45. The van der Waals surface area contributed by atoms with Crippen LogP contribution in [0.1, 0.15) is 32.6 Å². The fourth-order valence-electron chi connectivity index (χ4n) is 2.62. The molecule has 0 radical (unpaired) electrons. The molecule has 92 valence electrons. The monoisotopic (exact) mass is 242 g/mol. The predicted octanol–water partition coefficient (Wildman–Crippen LogP) is 1.47. The molecular formula is C12H22N2OS. The van der Waals surface area contributed by atoms with Crippen molar-refractivity contribution in [1.82, 2.24) is 4.90 Å². The summed E-state index contributed by atoms with van der Waals surface area (Å²) >= 11 is 1.84. The third-order valence-corrected chi connectivity index (χ3v) is 5.16. The minimum atomic E-state index is 0.256. The molecule has 2 N–H and O–H groups in total. The van der Waals surface area contributed by atoms with Crippen LogP contribution in [0, 0.1) is 5.92 Å². The Balaban J connectivity index is 1.81. The Morgan fingerprint density at radius 1 is 1.38 bits per heavy atom. The van der Waals surface area contributed by atoms with Crippen molar-refractivity contribution in [1.29, 1.82) is 0 Å². The molecule has 2 unspecified atom stereocenters. The van der Waals surface area contributed by atoms with Gasteiger partial charge in [0.1, 0.15) is 0 Å². The molecule has 2 heterocycles. The van der Waals surface area contributed by atoms with Gasteiger partial charge in [0.05, 0.1) is 5.25 Å². The van der Waals surface area contributed by atoms with Gasteiger partial charge in [0.15, 0.2) is 0 Å². The lowest BCUT2D eigenvalue weighted by molar-refractivity contribution is -0.132. The molecule has 2 saturated heterocycles. The van der Waals surface area contributed by atoms with Crippen LogP contribution in [0.5, 0.6) is 0 Å². The van der Waals surface area contributed by atoms with Crippen molar-refractivity contribution in [3.8, 4) is 0 Å². The van der Waals surface area contributed by atoms with E-state index in [1.807, 2.05) is 11.8 Å². The van der Waals surface area contributed by atoms with Gasteiger partial charge in [-0.2, -0.15) is 0 Å². The topological polar surface area (TPSA) is 46.3 Å². The zero-order valence-corrected chi connectivity index (χ0v) is 10.8. The smallest absolute Gasteiger partial charge is 0.235 e. The molecule has 2 rings (SSSR count). The second kappa shape index (κ2) is 5.41. The Labute approximate surface area is 102 Å². The number of carbonyl (C=O) groups excluding carboxylic acids is 1. The lowest BCUT2D eigenvalue weighted by Crippen LogP contribution is -2.45. The highest BCUT2D eigenvalue weighted by Gasteiger charge is 2.31. The van der Waals surface area contributed by atoms with Gasteiger partial charge in [-0.1, -0.05) is 0 Å². The maximum atomic E-state index is 12.2. The summed E-state index contributed by atoms with van der Waals surface area (Å²) in [6.45, 7) is 3.92. The van der Waals surface area contributed by atoms with Gasteiger partial charge in [0.25, 0.3) is 0 Å². The van der Waals surface area contributed by atoms with E-state index in [9.17, 15) is 4.79 Å². The van der Waals surface area contributed by atoms with E-state index < -0.39 is 0 Å². The van der Waals surface area contributed by atoms with Crippen molar-refractivity contribution in [3.05, 3.63) is 0 Å². The number of rotatable bonds is 2. The molecule has 2 atom stereocenters. The van der Waals surface area contributed by atoms with Crippen molar-refractivity contribution in [2.24, 2.45) is 11.7 Å². The lowest BCUT2D eigenvalue weighted by Gasteiger charge is -2.34. The minimum Gasteiger partial charge on any atom is -0.342 e. The third kappa shape index (κ3) is 2.72. The Kier molecular flexibility index (Phi) is 4.14. The van der Waals surface area contributed by atoms with E-state index in [-0.39, 0.29) is 11.3 Å². The quantitative estimate of drug-likeness (QED) is 0.797. The Bertz CT molecular complexity index is 243. The molecule has 1 amide bonds. The van der Waals surface area contributed by atoms with Gasteiger partial charge in [-0.15, -0.1) is 11.8 Å². The average Bonchev–Trinajstić information content (AvgIpc) is 2.81. The van der Waals surface area contributed by atoms with E-state index in [0.29, 0.717) is 11.8 Å². The number of hydrogen-bond acceptors (Lipinski definition) is 3. The second-order valence-corrected chi connectivity index (χ2v) is 6.33. The number of likely N-dealkylation sites (tertiary alicyclic amines) is 1. The summed E-state index contributed by atoms with van der Waals surface area (Å²) in [5.41, 5.74) is 5.90. The number of nitrogens with two attached hydrogens (primary N) is 1. The summed E-state index contributed by atoms with van der Waals surface area (Å²) in [4.78, 5) is 14.2. The van der Waals surface area contributed by atoms with Crippen LogP contribution in [0.25, 0.3) is 0 Å². The van der Waals surface area contributed by atoms with Crippen LogP contribution in [-0.4, -0.2) is 40.9 Å². The Morgan fingerprint density at radius 3 is 2.56 bits per heavy atom. The zero-order valence-electron chi connectivity index (χ0n) is 10.0. The molecule has 0 spiro atoms. The molecule has 0 aromatic heterocycles. The van der Waals surface area contributed by atoms with Gasteiger partial charge in [-0.25, -0.2) is 0 Å². The first-order valence-corrected chi connectivity index (χ1v) is 7.39. The fourth-order valence-corrected chi connectivity index (χ4v) is 3.86. The largest absolute Gasteiger partial charge is 0.342 e. The number of hydrogen-bond donors (Lipinski definition) is 1. The minimum absolute atomic E-state index is 0.256. The summed E-state index contributed by atoms with van der Waals surface area (Å²) in [6, 6.07) is 0.276. The van der Waals surface area contributed by atoms with E-state index in [2.05, 4.69) is 11.8 Å². The van der Waals surface area contributed by atoms with Crippen molar-refractivity contribution >= 4 is 17.7 Å². The van der Waals surface area contributed by atoms with Crippen LogP contribution < -0.4 is 5.73 Å². The first kappa shape index (κ1) is 12.2. The number of thioether (sulfide) groups is 1. The molecule has 2 aliphatic heterocycles. The Hall–Kier alpha value is -0.220. The highest BCUT2D eigenvalue weighted by molar-refractivity contribution is 8.00. The highest BCUT2D eigenvalue weighted by Crippen LogP contribution is 2.29. The molecule has 0 aliphatic carbocycles. The number of piperidine rings is 1. The summed E-state index contributed by atoms with van der Waals surface area (Å²) in [5, 5.41) is 0.256. The van der Waals surface area contributed by atoms with Crippen LogP contribution in [-0.2, 0) is 4.79 Å². The fraction of sp³-hybridized carbons (Fsp3) is 0.917. The number of amides is 1. The molecule has 3 nitrogen and oxygen atoms in total. The number of nitrogens with zero attached hydrogens (tertiary/aromatic N) is 1. The van der Waals surface area contributed by atoms with Crippen LogP contribution >= 0.6 is 11.8 Å². The van der Waals surface area contributed by atoms with Gasteiger partial charge in [-0.3, -0.25) is 4.79 Å². The molecule has 0 saturated carbocycles. The van der Waals surface area contributed by atoms with Gasteiger partial charge >= 0.3 is 0 Å². The molecule has 0 bridgehead atoms. The van der Waals surface area contributed by atoms with E-state index in [4.69, 9.17) is 5.73 Å². The second-order valence-electron chi connectivity index (χ2n) is 5.02. The summed E-state index contributed by atoms with van der Waals surface area (Å²) in [5.74, 6) is 2.15. The summed E-state index contributed by atoms with van der Waals surface area (Å²) in [7, 11) is 0. The van der Waals surface area contributed by atoms with E-state index >= 15 is 0 Å². The normalized spacial score (nSPS) is 29.4. The predicted molar refractivity (Wildman–Crippen MR) is 68.4 cm³/mol. The van der Waals surface area contributed by atoms with Crippen LogP contribution in [0.15, 0.2) is 0 Å². The molecule has 16 heavy (non-hydrogen) atoms. The highest BCUT2D eigenvalue weighted by atomic mass is 32.2. The number of carbonyl (C=O) groups is 1. The summed E-state index contributed by atoms with van der Waals surface area (Å²) < 4.78 is 0. The third-order valence-electron chi connectivity index (χ3n) is 3.80. The van der Waals surface area contributed by atoms with Crippen LogP contribution in [0.4, 0.5) is 0 Å². The molecule has 2 fully saturated rings. The lowest BCUT2D eigenvalue weighted by atomic mass is 9.91. The average molecular weight is 242 g/mol. The standard InChI is InChI=1S/C12H22N2OS/c1-9(13)10-4-6-14(7-5-10)12(15)11-3-2-8-16-11/h9-11H,2-8,13H2,1H3. The molecule has 2 aliphatic rings. The van der Waals surface area contributed by atoms with Crippen molar-refractivity contribution in [2.75, 3.05) is 18.8 Å². The molecule has 0 aromatic carbocycles. The maximum Gasteiger partial charge on any atom is 0.235 e. The van der Waals surface area contributed by atoms with Gasteiger partial charge in [0, 0.05) is 19.1 Å². The van der Waals surface area contributed by atoms with Crippen molar-refractivity contribution in [3.63, 3.8) is 0 Å². The van der Waals surface area contributed by atoms with Crippen molar-refractivity contribution < 1.29 is 4.79 Å². The molecular weight excluding hydrogens is 220 g/mol. The van der Waals surface area contributed by atoms with Gasteiger partial charge in [-0.05, 0) is 44.3 Å².